The first-order valence-electron chi connectivity index (χ1n) is 8.15. The lowest BCUT2D eigenvalue weighted by atomic mass is 10.2. The van der Waals surface area contributed by atoms with Crippen molar-refractivity contribution in [2.75, 3.05) is 5.73 Å². The lowest BCUT2D eigenvalue weighted by molar-refractivity contribution is -0.384. The predicted molar refractivity (Wildman–Crippen MR) is 106 cm³/mol. The number of hydrogen-bond acceptors (Lipinski definition) is 7. The molecule has 3 aromatic rings. The fourth-order valence-corrected chi connectivity index (χ4v) is 3.40. The number of carbonyl (C=O) groups is 1. The van der Waals surface area contributed by atoms with E-state index < -0.39 is 16.6 Å². The van der Waals surface area contributed by atoms with E-state index in [0.717, 1.165) is 0 Å². The molecule has 3 N–H and O–H groups in total. The molecule has 0 radical (unpaired) electrons. The summed E-state index contributed by atoms with van der Waals surface area (Å²) < 4.78 is 5.67. The molecule has 0 bridgehead atoms. The molecule has 0 aliphatic carbocycles. The van der Waals surface area contributed by atoms with Crippen molar-refractivity contribution in [1.29, 1.82) is 5.26 Å². The van der Waals surface area contributed by atoms with Crippen LogP contribution in [0.1, 0.15) is 15.9 Å². The average molecular weight is 407 g/mol. The summed E-state index contributed by atoms with van der Waals surface area (Å²) in [5.74, 6) is -0.958. The highest BCUT2D eigenvalue weighted by atomic mass is 32.2. The summed E-state index contributed by atoms with van der Waals surface area (Å²) in [5, 5.41) is 29.7. The molecule has 0 spiro atoms. The molecule has 0 amide bonds. The van der Waals surface area contributed by atoms with E-state index in [9.17, 15) is 20.2 Å². The SMILES string of the molecule is N#Cc1ccccc1Oc1cc(Sc2ccc(C(=O)O)cc2)cc(N)c1[N+](=O)[O-]. The highest BCUT2D eigenvalue weighted by Crippen LogP contribution is 2.42. The molecule has 0 heterocycles. The molecule has 0 fully saturated rings. The minimum atomic E-state index is -1.03. The van der Waals surface area contributed by atoms with Gasteiger partial charge in [-0.25, -0.2) is 4.79 Å². The van der Waals surface area contributed by atoms with Gasteiger partial charge in [-0.1, -0.05) is 23.9 Å². The van der Waals surface area contributed by atoms with Crippen molar-refractivity contribution in [3.8, 4) is 17.6 Å². The highest BCUT2D eigenvalue weighted by Gasteiger charge is 2.23. The minimum absolute atomic E-state index is 0.0911. The normalized spacial score (nSPS) is 10.2. The second kappa shape index (κ2) is 8.33. The summed E-state index contributed by atoms with van der Waals surface area (Å²) >= 11 is 1.24. The van der Waals surface area contributed by atoms with Crippen molar-refractivity contribution in [1.82, 2.24) is 0 Å². The molecule has 0 unspecified atom stereocenters. The van der Waals surface area contributed by atoms with Gasteiger partial charge in [0.25, 0.3) is 0 Å². The van der Waals surface area contributed by atoms with Gasteiger partial charge in [0.1, 0.15) is 17.5 Å². The lowest BCUT2D eigenvalue weighted by Gasteiger charge is -2.11. The molecular formula is C20H13N3O5S. The van der Waals surface area contributed by atoms with Crippen molar-refractivity contribution >= 4 is 29.1 Å². The molecule has 3 rings (SSSR count). The second-order valence-electron chi connectivity index (χ2n) is 5.76. The zero-order valence-electron chi connectivity index (χ0n) is 14.7. The Morgan fingerprint density at radius 1 is 1.10 bits per heavy atom. The summed E-state index contributed by atoms with van der Waals surface area (Å²) in [4.78, 5) is 23.1. The van der Waals surface area contributed by atoms with Gasteiger partial charge in [0.05, 0.1) is 16.1 Å². The standard InChI is InChI=1S/C20H13N3O5S/c21-11-13-3-1-2-4-17(13)28-18-10-15(9-16(22)19(18)23(26)27)29-14-7-5-12(6-8-14)20(24)25/h1-10H,22H2,(H,24,25). The number of anilines is 1. The number of carboxylic acids is 1. The molecule has 3 aromatic carbocycles. The highest BCUT2D eigenvalue weighted by molar-refractivity contribution is 7.99. The van der Waals surface area contributed by atoms with Gasteiger partial charge in [0, 0.05) is 15.9 Å². The Morgan fingerprint density at radius 2 is 1.79 bits per heavy atom. The number of nitrogens with two attached hydrogens (primary N) is 1. The predicted octanol–water partition coefficient (Wildman–Crippen LogP) is 4.69. The number of benzene rings is 3. The van der Waals surface area contributed by atoms with E-state index in [2.05, 4.69) is 0 Å². The van der Waals surface area contributed by atoms with Crippen LogP contribution < -0.4 is 10.5 Å². The van der Waals surface area contributed by atoms with E-state index in [0.29, 0.717) is 9.79 Å². The largest absolute Gasteiger partial charge is 0.478 e. The molecular weight excluding hydrogens is 394 g/mol. The van der Waals surface area contributed by atoms with E-state index >= 15 is 0 Å². The van der Waals surface area contributed by atoms with Crippen LogP contribution >= 0.6 is 11.8 Å². The molecule has 0 aliphatic heterocycles. The molecule has 8 nitrogen and oxygen atoms in total. The topological polar surface area (TPSA) is 139 Å². The molecule has 0 aliphatic rings. The molecule has 0 saturated heterocycles. The van der Waals surface area contributed by atoms with Crippen LogP contribution in [0.4, 0.5) is 11.4 Å². The number of nitrogen functional groups attached to an aromatic ring is 1. The van der Waals surface area contributed by atoms with Crippen molar-refractivity contribution in [3.63, 3.8) is 0 Å². The fraction of sp³-hybridized carbons (Fsp3) is 0. The molecule has 144 valence electrons. The Bertz CT molecular complexity index is 1140. The van der Waals surface area contributed by atoms with Gasteiger partial charge in [-0.15, -0.1) is 0 Å². The third-order valence-corrected chi connectivity index (χ3v) is 4.80. The number of nitrogens with zero attached hydrogens (tertiary/aromatic N) is 2. The smallest absolute Gasteiger partial charge is 0.335 e. The lowest BCUT2D eigenvalue weighted by Crippen LogP contribution is -2.00. The number of hydrogen-bond donors (Lipinski definition) is 2. The van der Waals surface area contributed by atoms with Gasteiger partial charge in [-0.3, -0.25) is 10.1 Å². The van der Waals surface area contributed by atoms with Gasteiger partial charge < -0.3 is 15.6 Å². The molecule has 29 heavy (non-hydrogen) atoms. The van der Waals surface area contributed by atoms with E-state index in [-0.39, 0.29) is 28.3 Å². The first-order chi connectivity index (χ1) is 13.9. The van der Waals surface area contributed by atoms with Crippen LogP contribution in [0.15, 0.2) is 70.5 Å². The summed E-state index contributed by atoms with van der Waals surface area (Å²) in [6.45, 7) is 0. The third-order valence-electron chi connectivity index (χ3n) is 3.82. The number of rotatable bonds is 6. The Morgan fingerprint density at radius 3 is 2.41 bits per heavy atom. The van der Waals surface area contributed by atoms with Crippen LogP contribution in [0.3, 0.4) is 0 Å². The van der Waals surface area contributed by atoms with Crippen molar-refractivity contribution in [3.05, 3.63) is 81.9 Å². The number of nitro benzene ring substituents is 1. The van der Waals surface area contributed by atoms with Crippen LogP contribution in [0.2, 0.25) is 0 Å². The maximum absolute atomic E-state index is 11.5. The Balaban J connectivity index is 1.99. The third kappa shape index (κ3) is 4.45. The van der Waals surface area contributed by atoms with E-state index in [4.69, 9.17) is 15.6 Å². The number of nitro groups is 1. The van der Waals surface area contributed by atoms with Gasteiger partial charge >= 0.3 is 11.7 Å². The number of aromatic carboxylic acids is 1. The number of ether oxygens (including phenoxy) is 1. The zero-order chi connectivity index (χ0) is 21.0. The van der Waals surface area contributed by atoms with E-state index in [1.807, 2.05) is 6.07 Å². The van der Waals surface area contributed by atoms with Crippen LogP contribution in [-0.4, -0.2) is 16.0 Å². The van der Waals surface area contributed by atoms with Gasteiger partial charge in [-0.2, -0.15) is 5.26 Å². The monoisotopic (exact) mass is 407 g/mol. The molecule has 0 aromatic heterocycles. The van der Waals surface area contributed by atoms with Crippen LogP contribution in [0.5, 0.6) is 11.5 Å². The molecule has 0 saturated carbocycles. The van der Waals surface area contributed by atoms with E-state index in [1.54, 1.807) is 24.3 Å². The Hall–Kier alpha value is -4.03. The Kier molecular flexibility index (Phi) is 5.66. The summed E-state index contributed by atoms with van der Waals surface area (Å²) in [7, 11) is 0. The van der Waals surface area contributed by atoms with E-state index in [1.165, 1.54) is 48.2 Å². The number of nitriles is 1. The second-order valence-corrected chi connectivity index (χ2v) is 6.90. The molecule has 9 heteroatoms. The van der Waals surface area contributed by atoms with Crippen LogP contribution in [-0.2, 0) is 0 Å². The average Bonchev–Trinajstić information content (AvgIpc) is 2.68. The van der Waals surface area contributed by atoms with Crippen molar-refractivity contribution < 1.29 is 19.6 Å². The van der Waals surface area contributed by atoms with Crippen molar-refractivity contribution in [2.24, 2.45) is 0 Å². The van der Waals surface area contributed by atoms with Crippen LogP contribution in [0.25, 0.3) is 0 Å². The summed E-state index contributed by atoms with van der Waals surface area (Å²) in [6, 6.07) is 17.4. The van der Waals surface area contributed by atoms with Crippen molar-refractivity contribution in [2.45, 2.75) is 9.79 Å². The zero-order valence-corrected chi connectivity index (χ0v) is 15.6. The number of para-hydroxylation sites is 1. The first-order valence-corrected chi connectivity index (χ1v) is 8.97. The maximum Gasteiger partial charge on any atom is 0.335 e. The summed E-state index contributed by atoms with van der Waals surface area (Å²) in [5.41, 5.74) is 5.77. The quantitative estimate of drug-likeness (QED) is 0.341. The summed E-state index contributed by atoms with van der Waals surface area (Å²) in [6.07, 6.45) is 0. The van der Waals surface area contributed by atoms with Gasteiger partial charge in [0.2, 0.25) is 5.75 Å². The van der Waals surface area contributed by atoms with Crippen LogP contribution in [0, 0.1) is 21.4 Å². The minimum Gasteiger partial charge on any atom is -0.478 e. The number of carboxylic acid groups (broad SMARTS) is 1. The van der Waals surface area contributed by atoms with Gasteiger partial charge in [-0.05, 0) is 42.5 Å². The maximum atomic E-state index is 11.5. The fourth-order valence-electron chi connectivity index (χ4n) is 2.50. The first kappa shape index (κ1) is 19.7. The van der Waals surface area contributed by atoms with Gasteiger partial charge in [0.15, 0.2) is 0 Å². The molecule has 0 atom stereocenters. The Labute approximate surface area is 169 Å².